The number of carbonyl (C=O) groups is 1. The Labute approximate surface area is 124 Å². The average molecular weight is 284 g/mol. The quantitative estimate of drug-likeness (QED) is 0.908. The molecule has 0 aliphatic carbocycles. The van der Waals surface area contributed by atoms with Crippen LogP contribution in [-0.4, -0.2) is 36.0 Å². The van der Waals surface area contributed by atoms with Gasteiger partial charge in [-0.2, -0.15) is 0 Å². The molecular weight excluding hydrogens is 264 g/mol. The largest absolute Gasteiger partial charge is 0.373 e. The molecule has 0 atom stereocenters. The Morgan fingerprint density at radius 3 is 2.71 bits per heavy atom. The number of hydrogen-bond acceptors (Lipinski definition) is 4. The Morgan fingerprint density at radius 1 is 1.19 bits per heavy atom. The van der Waals surface area contributed by atoms with Crippen LogP contribution in [0.5, 0.6) is 0 Å². The molecule has 1 aliphatic rings. The van der Waals surface area contributed by atoms with Gasteiger partial charge in [-0.05, 0) is 24.3 Å². The van der Waals surface area contributed by atoms with Crippen LogP contribution in [0.4, 0.5) is 5.82 Å². The fraction of sp³-hybridized carbons (Fsp3) is 0.375. The lowest BCUT2D eigenvalue weighted by atomic mass is 10.1. The summed E-state index contributed by atoms with van der Waals surface area (Å²) < 4.78 is 0. The summed E-state index contributed by atoms with van der Waals surface area (Å²) in [4.78, 5) is 16.8. The van der Waals surface area contributed by atoms with Gasteiger partial charge in [0.2, 0.25) is 0 Å². The Morgan fingerprint density at radius 2 is 1.95 bits per heavy atom. The summed E-state index contributed by atoms with van der Waals surface area (Å²) in [5, 5.41) is 7.09. The number of pyridine rings is 1. The van der Waals surface area contributed by atoms with Gasteiger partial charge < -0.3 is 5.32 Å². The van der Waals surface area contributed by atoms with E-state index in [0.717, 1.165) is 42.5 Å². The van der Waals surface area contributed by atoms with E-state index in [1.165, 1.54) is 6.42 Å². The molecule has 2 heterocycles. The molecule has 1 aromatic heterocycles. The van der Waals surface area contributed by atoms with Gasteiger partial charge in [0.25, 0.3) is 5.91 Å². The fourth-order valence-corrected chi connectivity index (χ4v) is 2.71. The fourth-order valence-electron chi connectivity index (χ4n) is 2.71. The zero-order valence-electron chi connectivity index (χ0n) is 12.2. The molecule has 1 aromatic carbocycles. The van der Waals surface area contributed by atoms with Crippen molar-refractivity contribution in [2.24, 2.45) is 0 Å². The minimum Gasteiger partial charge on any atom is -0.373 e. The molecule has 5 nitrogen and oxygen atoms in total. The lowest BCUT2D eigenvalue weighted by molar-refractivity contribution is 0.0745. The Hall–Kier alpha value is -2.14. The predicted molar refractivity (Wildman–Crippen MR) is 84.2 cm³/mol. The molecule has 2 aromatic rings. The van der Waals surface area contributed by atoms with Crippen molar-refractivity contribution in [1.82, 2.24) is 15.4 Å². The molecule has 0 spiro atoms. The second-order valence-corrected chi connectivity index (χ2v) is 5.32. The van der Waals surface area contributed by atoms with Gasteiger partial charge in [0, 0.05) is 25.5 Å². The highest BCUT2D eigenvalue weighted by Crippen LogP contribution is 2.22. The predicted octanol–water partition coefficient (Wildman–Crippen LogP) is 2.41. The highest BCUT2D eigenvalue weighted by Gasteiger charge is 2.16. The van der Waals surface area contributed by atoms with Crippen LogP contribution in [0.25, 0.3) is 10.8 Å². The van der Waals surface area contributed by atoms with E-state index in [1.54, 1.807) is 0 Å². The van der Waals surface area contributed by atoms with Crippen LogP contribution in [-0.2, 0) is 0 Å². The van der Waals surface area contributed by atoms with Crippen LogP contribution in [0.3, 0.4) is 0 Å². The lowest BCUT2D eigenvalue weighted by Gasteiger charge is -2.26. The third-order valence-corrected chi connectivity index (χ3v) is 3.83. The first-order chi connectivity index (χ1) is 10.3. The highest BCUT2D eigenvalue weighted by atomic mass is 16.2. The SMILES string of the molecule is CNc1nc(C(=O)NN2CCCCC2)cc2ccccc12. The summed E-state index contributed by atoms with van der Waals surface area (Å²) >= 11 is 0. The second kappa shape index (κ2) is 6.10. The lowest BCUT2D eigenvalue weighted by Crippen LogP contribution is -2.45. The van der Waals surface area contributed by atoms with Gasteiger partial charge in [-0.25, -0.2) is 9.99 Å². The molecule has 5 heteroatoms. The molecule has 2 N–H and O–H groups in total. The van der Waals surface area contributed by atoms with Gasteiger partial charge in [0.15, 0.2) is 0 Å². The number of benzene rings is 1. The summed E-state index contributed by atoms with van der Waals surface area (Å²) in [6.45, 7) is 1.83. The number of rotatable bonds is 3. The summed E-state index contributed by atoms with van der Waals surface area (Å²) in [5.74, 6) is 0.594. The van der Waals surface area contributed by atoms with Crippen molar-refractivity contribution in [3.63, 3.8) is 0 Å². The van der Waals surface area contributed by atoms with Crippen molar-refractivity contribution >= 4 is 22.5 Å². The zero-order valence-corrected chi connectivity index (χ0v) is 12.2. The van der Waals surface area contributed by atoms with E-state index >= 15 is 0 Å². The van der Waals surface area contributed by atoms with Crippen LogP contribution in [0.15, 0.2) is 30.3 Å². The van der Waals surface area contributed by atoms with Crippen LogP contribution < -0.4 is 10.7 Å². The van der Waals surface area contributed by atoms with E-state index in [-0.39, 0.29) is 5.91 Å². The van der Waals surface area contributed by atoms with E-state index in [1.807, 2.05) is 42.4 Å². The Kier molecular flexibility index (Phi) is 4.01. The van der Waals surface area contributed by atoms with E-state index < -0.39 is 0 Å². The van der Waals surface area contributed by atoms with Crippen LogP contribution in [0.2, 0.25) is 0 Å². The number of amides is 1. The molecule has 1 saturated heterocycles. The van der Waals surface area contributed by atoms with Crippen molar-refractivity contribution in [3.05, 3.63) is 36.0 Å². The minimum atomic E-state index is -0.140. The maximum absolute atomic E-state index is 12.4. The molecule has 110 valence electrons. The van der Waals surface area contributed by atoms with Crippen LogP contribution in [0.1, 0.15) is 29.8 Å². The number of aromatic nitrogens is 1. The van der Waals surface area contributed by atoms with Crippen molar-refractivity contribution in [3.8, 4) is 0 Å². The first-order valence-electron chi connectivity index (χ1n) is 7.41. The number of nitrogens with one attached hydrogen (secondary N) is 2. The smallest absolute Gasteiger partial charge is 0.284 e. The van der Waals surface area contributed by atoms with E-state index in [4.69, 9.17) is 0 Å². The van der Waals surface area contributed by atoms with Crippen molar-refractivity contribution in [1.29, 1.82) is 0 Å². The number of hydrazine groups is 1. The van der Waals surface area contributed by atoms with Crippen molar-refractivity contribution in [2.45, 2.75) is 19.3 Å². The van der Waals surface area contributed by atoms with E-state index in [0.29, 0.717) is 5.69 Å². The van der Waals surface area contributed by atoms with Crippen molar-refractivity contribution < 1.29 is 4.79 Å². The molecule has 21 heavy (non-hydrogen) atoms. The molecule has 3 rings (SSSR count). The molecule has 1 amide bonds. The van der Waals surface area contributed by atoms with E-state index in [9.17, 15) is 4.79 Å². The Bertz CT molecular complexity index is 650. The summed E-state index contributed by atoms with van der Waals surface area (Å²) in [6.07, 6.45) is 3.50. The molecule has 0 saturated carbocycles. The average Bonchev–Trinajstić information content (AvgIpc) is 2.54. The first kappa shape index (κ1) is 13.8. The van der Waals surface area contributed by atoms with Crippen LogP contribution >= 0.6 is 0 Å². The van der Waals surface area contributed by atoms with Gasteiger partial charge in [-0.15, -0.1) is 0 Å². The maximum atomic E-state index is 12.4. The molecule has 0 bridgehead atoms. The number of fused-ring (bicyclic) bond motifs is 1. The number of nitrogens with zero attached hydrogens (tertiary/aromatic N) is 2. The highest BCUT2D eigenvalue weighted by molar-refractivity contribution is 6.00. The monoisotopic (exact) mass is 284 g/mol. The topological polar surface area (TPSA) is 57.3 Å². The maximum Gasteiger partial charge on any atom is 0.284 e. The van der Waals surface area contributed by atoms with Crippen molar-refractivity contribution in [2.75, 3.05) is 25.5 Å². The molecule has 1 fully saturated rings. The third-order valence-electron chi connectivity index (χ3n) is 3.83. The number of hydrogen-bond donors (Lipinski definition) is 2. The number of carbonyl (C=O) groups excluding carboxylic acids is 1. The number of anilines is 1. The van der Waals surface area contributed by atoms with E-state index in [2.05, 4.69) is 15.7 Å². The zero-order chi connectivity index (χ0) is 14.7. The molecule has 0 unspecified atom stereocenters. The van der Waals surface area contributed by atoms with Crippen LogP contribution in [0, 0.1) is 0 Å². The Balaban J connectivity index is 1.87. The van der Waals surface area contributed by atoms with Gasteiger partial charge in [0.05, 0.1) is 0 Å². The summed E-state index contributed by atoms with van der Waals surface area (Å²) in [5.41, 5.74) is 3.40. The second-order valence-electron chi connectivity index (χ2n) is 5.32. The first-order valence-corrected chi connectivity index (χ1v) is 7.41. The van der Waals surface area contributed by atoms with Gasteiger partial charge in [-0.3, -0.25) is 10.2 Å². The third kappa shape index (κ3) is 2.97. The molecule has 0 radical (unpaired) electrons. The summed E-state index contributed by atoms with van der Waals surface area (Å²) in [6, 6.07) is 9.78. The minimum absolute atomic E-state index is 0.140. The normalized spacial score (nSPS) is 15.9. The number of piperidine rings is 1. The van der Waals surface area contributed by atoms with Gasteiger partial charge >= 0.3 is 0 Å². The van der Waals surface area contributed by atoms with Gasteiger partial charge in [-0.1, -0.05) is 30.7 Å². The molecular formula is C16H20N4O. The summed E-state index contributed by atoms with van der Waals surface area (Å²) in [7, 11) is 1.82. The van der Waals surface area contributed by atoms with Gasteiger partial charge in [0.1, 0.15) is 11.5 Å². The standard InChI is InChI=1S/C16H20N4O/c1-17-15-13-8-4-3-7-12(13)11-14(18-15)16(21)19-20-9-5-2-6-10-20/h3-4,7-8,11H,2,5-6,9-10H2,1H3,(H,17,18)(H,19,21). The molecule has 1 aliphatic heterocycles.